The molecule has 1 atom stereocenters. The molecule has 0 saturated heterocycles. The highest BCUT2D eigenvalue weighted by atomic mass is 16.7. The lowest BCUT2D eigenvalue weighted by molar-refractivity contribution is -0.0368. The number of aromatic nitrogens is 1. The SMILES string of the molecule is COC1Cc2ccncc2O1. The molecule has 3 nitrogen and oxygen atoms in total. The normalized spacial score (nSPS) is 21.0. The van der Waals surface area contributed by atoms with Crippen LogP contribution in [-0.2, 0) is 11.2 Å². The quantitative estimate of drug-likeness (QED) is 0.599. The van der Waals surface area contributed by atoms with Crippen molar-refractivity contribution in [1.82, 2.24) is 4.98 Å². The lowest BCUT2D eigenvalue weighted by atomic mass is 10.2. The smallest absolute Gasteiger partial charge is 0.203 e. The van der Waals surface area contributed by atoms with Gasteiger partial charge in [0.2, 0.25) is 6.29 Å². The number of fused-ring (bicyclic) bond motifs is 1. The fourth-order valence-electron chi connectivity index (χ4n) is 1.18. The number of nitrogens with zero attached hydrogens (tertiary/aromatic N) is 1. The van der Waals surface area contributed by atoms with Gasteiger partial charge in [0.15, 0.2) is 0 Å². The maximum Gasteiger partial charge on any atom is 0.203 e. The zero-order valence-electron chi connectivity index (χ0n) is 6.28. The highest BCUT2D eigenvalue weighted by Gasteiger charge is 2.21. The molecular weight excluding hydrogens is 142 g/mol. The van der Waals surface area contributed by atoms with Gasteiger partial charge in [0.05, 0.1) is 6.20 Å². The standard InChI is InChI=1S/C8H9NO2/c1-10-8-4-6-2-3-9-5-7(6)11-8/h2-3,5,8H,4H2,1H3. The molecule has 0 aliphatic carbocycles. The van der Waals surface area contributed by atoms with Gasteiger partial charge in [0.1, 0.15) is 5.75 Å². The van der Waals surface area contributed by atoms with Crippen LogP contribution in [0.25, 0.3) is 0 Å². The van der Waals surface area contributed by atoms with Crippen molar-refractivity contribution in [2.45, 2.75) is 12.7 Å². The summed E-state index contributed by atoms with van der Waals surface area (Å²) in [6.07, 6.45) is 4.19. The summed E-state index contributed by atoms with van der Waals surface area (Å²) in [5, 5.41) is 0. The van der Waals surface area contributed by atoms with Crippen LogP contribution < -0.4 is 4.74 Å². The molecular formula is C8H9NO2. The van der Waals surface area contributed by atoms with Crippen molar-refractivity contribution < 1.29 is 9.47 Å². The summed E-state index contributed by atoms with van der Waals surface area (Å²) in [4.78, 5) is 3.94. The van der Waals surface area contributed by atoms with Crippen LogP contribution in [0.3, 0.4) is 0 Å². The molecule has 0 saturated carbocycles. The lowest BCUT2D eigenvalue weighted by Gasteiger charge is -2.05. The number of ether oxygens (including phenoxy) is 2. The van der Waals surface area contributed by atoms with Gasteiger partial charge < -0.3 is 9.47 Å². The Bertz CT molecular complexity index is 237. The first-order valence-electron chi connectivity index (χ1n) is 3.52. The minimum absolute atomic E-state index is 0.116. The Balaban J connectivity index is 2.27. The second-order valence-corrected chi connectivity index (χ2v) is 2.47. The Morgan fingerprint density at radius 1 is 1.73 bits per heavy atom. The molecule has 1 aromatic heterocycles. The molecule has 2 heterocycles. The van der Waals surface area contributed by atoms with E-state index in [4.69, 9.17) is 9.47 Å². The molecule has 0 radical (unpaired) electrons. The van der Waals surface area contributed by atoms with Gasteiger partial charge >= 0.3 is 0 Å². The predicted molar refractivity (Wildman–Crippen MR) is 39.4 cm³/mol. The van der Waals surface area contributed by atoms with E-state index in [1.807, 2.05) is 6.07 Å². The van der Waals surface area contributed by atoms with E-state index in [-0.39, 0.29) is 6.29 Å². The van der Waals surface area contributed by atoms with E-state index in [2.05, 4.69) is 4.98 Å². The van der Waals surface area contributed by atoms with E-state index in [0.29, 0.717) is 0 Å². The molecule has 1 unspecified atom stereocenters. The van der Waals surface area contributed by atoms with Crippen LogP contribution in [0.4, 0.5) is 0 Å². The Morgan fingerprint density at radius 3 is 3.36 bits per heavy atom. The van der Waals surface area contributed by atoms with Crippen LogP contribution in [-0.4, -0.2) is 18.4 Å². The molecule has 0 N–H and O–H groups in total. The second kappa shape index (κ2) is 2.51. The van der Waals surface area contributed by atoms with Gasteiger partial charge in [0, 0.05) is 25.3 Å². The Morgan fingerprint density at radius 2 is 2.64 bits per heavy atom. The molecule has 0 bridgehead atoms. The Hall–Kier alpha value is -1.09. The van der Waals surface area contributed by atoms with Gasteiger partial charge in [-0.05, 0) is 6.07 Å². The first-order valence-corrected chi connectivity index (χ1v) is 3.52. The van der Waals surface area contributed by atoms with Gasteiger partial charge in [-0.25, -0.2) is 0 Å². The molecule has 2 rings (SSSR count). The molecule has 58 valence electrons. The third-order valence-corrected chi connectivity index (χ3v) is 1.78. The average molecular weight is 151 g/mol. The summed E-state index contributed by atoms with van der Waals surface area (Å²) in [6, 6.07) is 1.95. The van der Waals surface area contributed by atoms with Crippen molar-refractivity contribution >= 4 is 0 Å². The van der Waals surface area contributed by atoms with Crippen molar-refractivity contribution in [3.63, 3.8) is 0 Å². The molecule has 1 aromatic rings. The molecule has 1 aliphatic heterocycles. The van der Waals surface area contributed by atoms with Crippen LogP contribution in [0.2, 0.25) is 0 Å². The van der Waals surface area contributed by atoms with E-state index < -0.39 is 0 Å². The second-order valence-electron chi connectivity index (χ2n) is 2.47. The van der Waals surface area contributed by atoms with Gasteiger partial charge in [-0.3, -0.25) is 4.98 Å². The minimum Gasteiger partial charge on any atom is -0.463 e. The van der Waals surface area contributed by atoms with Crippen LogP contribution in [0, 0.1) is 0 Å². The highest BCUT2D eigenvalue weighted by Crippen LogP contribution is 2.26. The van der Waals surface area contributed by atoms with Crippen LogP contribution >= 0.6 is 0 Å². The molecule has 1 aliphatic rings. The van der Waals surface area contributed by atoms with Gasteiger partial charge in [-0.15, -0.1) is 0 Å². The zero-order chi connectivity index (χ0) is 7.68. The van der Waals surface area contributed by atoms with Crippen molar-refractivity contribution in [2.24, 2.45) is 0 Å². The summed E-state index contributed by atoms with van der Waals surface area (Å²) in [5.41, 5.74) is 1.17. The first kappa shape index (κ1) is 6.61. The summed E-state index contributed by atoms with van der Waals surface area (Å²) in [6.45, 7) is 0. The van der Waals surface area contributed by atoms with E-state index in [1.54, 1.807) is 19.5 Å². The van der Waals surface area contributed by atoms with Crippen molar-refractivity contribution in [1.29, 1.82) is 0 Å². The maximum atomic E-state index is 5.37. The van der Waals surface area contributed by atoms with E-state index in [1.165, 1.54) is 5.56 Å². The number of rotatable bonds is 1. The topological polar surface area (TPSA) is 31.4 Å². The lowest BCUT2D eigenvalue weighted by Crippen LogP contribution is -2.14. The van der Waals surface area contributed by atoms with Crippen LogP contribution in [0.5, 0.6) is 5.75 Å². The summed E-state index contributed by atoms with van der Waals surface area (Å²) in [5.74, 6) is 0.847. The van der Waals surface area contributed by atoms with Crippen molar-refractivity contribution in [2.75, 3.05) is 7.11 Å². The largest absolute Gasteiger partial charge is 0.463 e. The molecule has 0 fully saturated rings. The van der Waals surface area contributed by atoms with E-state index in [9.17, 15) is 0 Å². The number of hydrogen-bond acceptors (Lipinski definition) is 3. The van der Waals surface area contributed by atoms with Gasteiger partial charge in [-0.1, -0.05) is 0 Å². The molecule has 0 spiro atoms. The summed E-state index contributed by atoms with van der Waals surface area (Å²) >= 11 is 0. The number of pyridine rings is 1. The van der Waals surface area contributed by atoms with E-state index >= 15 is 0 Å². The van der Waals surface area contributed by atoms with Crippen LogP contribution in [0.1, 0.15) is 5.56 Å². The zero-order valence-corrected chi connectivity index (χ0v) is 6.28. The fraction of sp³-hybridized carbons (Fsp3) is 0.375. The Kier molecular flexibility index (Phi) is 1.51. The number of methoxy groups -OCH3 is 1. The van der Waals surface area contributed by atoms with Crippen LogP contribution in [0.15, 0.2) is 18.5 Å². The average Bonchev–Trinajstić information content (AvgIpc) is 2.46. The maximum absolute atomic E-state index is 5.37. The first-order chi connectivity index (χ1) is 5.40. The molecule has 3 heteroatoms. The fourth-order valence-corrected chi connectivity index (χ4v) is 1.18. The van der Waals surface area contributed by atoms with Crippen molar-refractivity contribution in [3.05, 3.63) is 24.0 Å². The Labute approximate surface area is 65.0 Å². The molecule has 0 aromatic carbocycles. The molecule has 0 amide bonds. The van der Waals surface area contributed by atoms with Gasteiger partial charge in [-0.2, -0.15) is 0 Å². The predicted octanol–water partition coefficient (Wildman–Crippen LogP) is 0.989. The number of hydrogen-bond donors (Lipinski definition) is 0. The highest BCUT2D eigenvalue weighted by molar-refractivity contribution is 5.33. The summed E-state index contributed by atoms with van der Waals surface area (Å²) < 4.78 is 10.4. The monoisotopic (exact) mass is 151 g/mol. The van der Waals surface area contributed by atoms with E-state index in [0.717, 1.165) is 12.2 Å². The third kappa shape index (κ3) is 1.07. The van der Waals surface area contributed by atoms with Crippen molar-refractivity contribution in [3.8, 4) is 5.75 Å². The summed E-state index contributed by atoms with van der Waals surface area (Å²) in [7, 11) is 1.64. The third-order valence-electron chi connectivity index (χ3n) is 1.78. The minimum atomic E-state index is -0.116. The van der Waals surface area contributed by atoms with Gasteiger partial charge in [0.25, 0.3) is 0 Å². The molecule has 11 heavy (non-hydrogen) atoms.